The van der Waals surface area contributed by atoms with Crippen molar-refractivity contribution in [3.63, 3.8) is 0 Å². The molecule has 3 rings (SSSR count). The molecule has 0 amide bonds. The highest BCUT2D eigenvalue weighted by Gasteiger charge is 2.10. The molecule has 0 fully saturated rings. The lowest BCUT2D eigenvalue weighted by Gasteiger charge is -2.05. The number of benzene rings is 1. The first kappa shape index (κ1) is 12.5. The van der Waals surface area contributed by atoms with Crippen LogP contribution in [0.2, 0.25) is 0 Å². The minimum Gasteiger partial charge on any atom is -0.497 e. The van der Waals surface area contributed by atoms with E-state index in [9.17, 15) is 4.79 Å². The summed E-state index contributed by atoms with van der Waals surface area (Å²) in [4.78, 5) is 12.7. The Balaban J connectivity index is 1.97. The number of nitrogens with one attached hydrogen (secondary N) is 1. The van der Waals surface area contributed by atoms with Gasteiger partial charge >= 0.3 is 5.56 Å². The summed E-state index contributed by atoms with van der Waals surface area (Å²) in [6, 6.07) is 7.17. The molecule has 2 heterocycles. The number of ether oxygens (including phenoxy) is 1. The molecule has 8 heteroatoms. The van der Waals surface area contributed by atoms with Crippen LogP contribution in [0.15, 0.2) is 29.1 Å². The molecule has 0 aliphatic carbocycles. The van der Waals surface area contributed by atoms with Crippen molar-refractivity contribution in [1.29, 1.82) is 0 Å². The van der Waals surface area contributed by atoms with E-state index in [4.69, 9.17) is 4.74 Å². The molecule has 0 saturated carbocycles. The third-order valence-electron chi connectivity index (χ3n) is 2.64. The minimum absolute atomic E-state index is 0.137. The maximum atomic E-state index is 12.2. The molecule has 0 bridgehead atoms. The van der Waals surface area contributed by atoms with E-state index in [0.29, 0.717) is 4.96 Å². The monoisotopic (exact) mass is 289 g/mol. The smallest absolute Gasteiger partial charge is 0.318 e. The number of aromatic nitrogens is 4. The van der Waals surface area contributed by atoms with Crippen molar-refractivity contribution in [3.05, 3.63) is 39.6 Å². The van der Waals surface area contributed by atoms with Crippen LogP contribution >= 0.6 is 11.3 Å². The van der Waals surface area contributed by atoms with Gasteiger partial charge in [-0.3, -0.25) is 4.79 Å². The van der Waals surface area contributed by atoms with Crippen molar-refractivity contribution in [2.45, 2.75) is 6.92 Å². The molecule has 1 N–H and O–H groups in total. The zero-order valence-corrected chi connectivity index (χ0v) is 11.6. The zero-order valence-electron chi connectivity index (χ0n) is 10.8. The molecule has 0 saturated heterocycles. The SMILES string of the molecule is COc1ccc(Nc2nnc3sc(C)nn3c2=O)cc1. The maximum Gasteiger partial charge on any atom is 0.318 e. The van der Waals surface area contributed by atoms with Gasteiger partial charge in [-0.1, -0.05) is 11.3 Å². The number of fused-ring (bicyclic) bond motifs is 1. The van der Waals surface area contributed by atoms with Crippen LogP contribution in [0.25, 0.3) is 4.96 Å². The molecule has 2 aromatic heterocycles. The molecule has 0 atom stereocenters. The Bertz CT molecular complexity index is 809. The lowest BCUT2D eigenvalue weighted by Crippen LogP contribution is -2.20. The van der Waals surface area contributed by atoms with Crippen LogP contribution in [0.1, 0.15) is 5.01 Å². The number of rotatable bonds is 3. The Morgan fingerprint density at radius 1 is 1.25 bits per heavy atom. The van der Waals surface area contributed by atoms with Gasteiger partial charge in [-0.05, 0) is 31.2 Å². The standard InChI is InChI=1S/C12H11N5O2S/c1-7-16-17-11(18)10(14-15-12(17)20-7)13-8-3-5-9(19-2)6-4-8/h3-6H,1-2H3,(H,13,14). The second kappa shape index (κ2) is 4.89. The number of nitrogens with zero attached hydrogens (tertiary/aromatic N) is 4. The predicted octanol–water partition coefficient (Wildman–Crippen LogP) is 1.61. The van der Waals surface area contributed by atoms with E-state index in [0.717, 1.165) is 16.4 Å². The highest BCUT2D eigenvalue weighted by molar-refractivity contribution is 7.16. The van der Waals surface area contributed by atoms with Gasteiger partial charge in [0.1, 0.15) is 10.8 Å². The van der Waals surface area contributed by atoms with Crippen molar-refractivity contribution in [2.75, 3.05) is 12.4 Å². The van der Waals surface area contributed by atoms with Crippen LogP contribution in [0, 0.1) is 6.92 Å². The number of methoxy groups -OCH3 is 1. The van der Waals surface area contributed by atoms with Crippen LogP contribution in [-0.4, -0.2) is 26.9 Å². The molecule has 0 radical (unpaired) electrons. The van der Waals surface area contributed by atoms with E-state index < -0.39 is 0 Å². The first-order chi connectivity index (χ1) is 9.67. The first-order valence-corrected chi connectivity index (χ1v) is 6.63. The van der Waals surface area contributed by atoms with E-state index in [-0.39, 0.29) is 11.4 Å². The van der Waals surface area contributed by atoms with E-state index in [2.05, 4.69) is 20.6 Å². The third kappa shape index (κ3) is 2.21. The van der Waals surface area contributed by atoms with Crippen LogP contribution in [0.3, 0.4) is 0 Å². The van der Waals surface area contributed by atoms with Crippen LogP contribution in [-0.2, 0) is 0 Å². The van der Waals surface area contributed by atoms with Gasteiger partial charge in [0.25, 0.3) is 0 Å². The van der Waals surface area contributed by atoms with Gasteiger partial charge in [0, 0.05) is 5.69 Å². The lowest BCUT2D eigenvalue weighted by molar-refractivity contribution is 0.415. The Labute approximate surface area is 117 Å². The largest absolute Gasteiger partial charge is 0.497 e. The maximum absolute atomic E-state index is 12.2. The summed E-state index contributed by atoms with van der Waals surface area (Å²) in [6.07, 6.45) is 0. The molecule has 0 aliphatic rings. The third-order valence-corrected chi connectivity index (χ3v) is 3.46. The quantitative estimate of drug-likeness (QED) is 0.789. The molecule has 20 heavy (non-hydrogen) atoms. The van der Waals surface area contributed by atoms with Crippen LogP contribution < -0.4 is 15.6 Å². The molecule has 7 nitrogen and oxygen atoms in total. The highest BCUT2D eigenvalue weighted by Crippen LogP contribution is 2.17. The van der Waals surface area contributed by atoms with Crippen molar-refractivity contribution in [3.8, 4) is 5.75 Å². The second-order valence-electron chi connectivity index (χ2n) is 4.02. The minimum atomic E-state index is -0.324. The zero-order chi connectivity index (χ0) is 14.1. The average molecular weight is 289 g/mol. The fourth-order valence-corrected chi connectivity index (χ4v) is 2.38. The lowest BCUT2D eigenvalue weighted by atomic mass is 10.3. The predicted molar refractivity (Wildman–Crippen MR) is 75.9 cm³/mol. The molecule has 1 aromatic carbocycles. The Morgan fingerprint density at radius 2 is 2.00 bits per heavy atom. The molecule has 0 aliphatic heterocycles. The molecule has 102 valence electrons. The summed E-state index contributed by atoms with van der Waals surface area (Å²) < 4.78 is 6.32. The van der Waals surface area contributed by atoms with E-state index in [1.54, 1.807) is 31.4 Å². The molecule has 0 spiro atoms. The van der Waals surface area contributed by atoms with Crippen molar-refractivity contribution in [2.24, 2.45) is 0 Å². The Kier molecular flexibility index (Phi) is 3.07. The molecular weight excluding hydrogens is 278 g/mol. The van der Waals surface area contributed by atoms with Crippen molar-refractivity contribution < 1.29 is 4.74 Å². The van der Waals surface area contributed by atoms with Gasteiger partial charge in [0.05, 0.1) is 7.11 Å². The fraction of sp³-hybridized carbons (Fsp3) is 0.167. The van der Waals surface area contributed by atoms with Crippen LogP contribution in [0.5, 0.6) is 5.75 Å². The van der Waals surface area contributed by atoms with Gasteiger partial charge in [0.2, 0.25) is 10.8 Å². The summed E-state index contributed by atoms with van der Waals surface area (Å²) in [7, 11) is 1.60. The van der Waals surface area contributed by atoms with Crippen LogP contribution in [0.4, 0.5) is 11.5 Å². The topological polar surface area (TPSA) is 81.4 Å². The normalized spacial score (nSPS) is 10.7. The van der Waals surface area contributed by atoms with Crippen molar-refractivity contribution in [1.82, 2.24) is 19.8 Å². The van der Waals surface area contributed by atoms with Gasteiger partial charge in [-0.25, -0.2) is 0 Å². The average Bonchev–Trinajstić information content (AvgIpc) is 2.84. The van der Waals surface area contributed by atoms with Gasteiger partial charge in [-0.2, -0.15) is 9.61 Å². The van der Waals surface area contributed by atoms with Gasteiger partial charge in [-0.15, -0.1) is 10.2 Å². The van der Waals surface area contributed by atoms with Gasteiger partial charge in [0.15, 0.2) is 0 Å². The summed E-state index contributed by atoms with van der Waals surface area (Å²) in [5.74, 6) is 0.877. The molecule has 0 unspecified atom stereocenters. The summed E-state index contributed by atoms with van der Waals surface area (Å²) in [5.41, 5.74) is 0.402. The van der Waals surface area contributed by atoms with E-state index in [1.165, 1.54) is 15.9 Å². The Hall–Kier alpha value is -2.48. The summed E-state index contributed by atoms with van der Waals surface area (Å²) >= 11 is 1.32. The van der Waals surface area contributed by atoms with E-state index in [1.807, 2.05) is 6.92 Å². The van der Waals surface area contributed by atoms with Gasteiger partial charge < -0.3 is 10.1 Å². The second-order valence-corrected chi connectivity index (χ2v) is 5.18. The fourth-order valence-electron chi connectivity index (χ4n) is 1.70. The number of anilines is 2. The number of hydrogen-bond donors (Lipinski definition) is 1. The van der Waals surface area contributed by atoms with Crippen molar-refractivity contribution >= 4 is 27.8 Å². The summed E-state index contributed by atoms with van der Waals surface area (Å²) in [5, 5.41) is 15.7. The first-order valence-electron chi connectivity index (χ1n) is 5.81. The number of aryl methyl sites for hydroxylation is 1. The Morgan fingerprint density at radius 3 is 2.70 bits per heavy atom. The molecular formula is C12H11N5O2S. The highest BCUT2D eigenvalue weighted by atomic mass is 32.1. The van der Waals surface area contributed by atoms with E-state index >= 15 is 0 Å². The molecule has 3 aromatic rings. The number of hydrogen-bond acceptors (Lipinski definition) is 7. The summed E-state index contributed by atoms with van der Waals surface area (Å²) in [6.45, 7) is 1.81.